The van der Waals surface area contributed by atoms with Gasteiger partial charge in [-0.1, -0.05) is 13.8 Å². The molecule has 2 atom stereocenters. The Morgan fingerprint density at radius 2 is 2.23 bits per heavy atom. The van der Waals surface area contributed by atoms with Gasteiger partial charge in [-0.3, -0.25) is 4.79 Å². The van der Waals surface area contributed by atoms with E-state index in [0.717, 1.165) is 6.42 Å². The third-order valence-electron chi connectivity index (χ3n) is 3.26. The Labute approximate surface area is 79.6 Å². The van der Waals surface area contributed by atoms with Crippen LogP contribution in [0.2, 0.25) is 0 Å². The molecule has 0 aliphatic heterocycles. The summed E-state index contributed by atoms with van der Waals surface area (Å²) in [6, 6.07) is 0.243. The Morgan fingerprint density at radius 1 is 1.62 bits per heavy atom. The molecule has 0 aromatic carbocycles. The van der Waals surface area contributed by atoms with E-state index < -0.39 is 0 Å². The highest BCUT2D eigenvalue weighted by Gasteiger charge is 2.46. The number of hydrogen-bond donors (Lipinski definition) is 1. The number of nitrogens with two attached hydrogens (primary N) is 1. The molecule has 3 nitrogen and oxygen atoms in total. The van der Waals surface area contributed by atoms with Gasteiger partial charge in [0, 0.05) is 12.5 Å². The third-order valence-corrected chi connectivity index (χ3v) is 3.26. The first-order valence-electron chi connectivity index (χ1n) is 4.89. The largest absolute Gasteiger partial charge is 0.466 e. The number of esters is 1. The molecule has 0 saturated heterocycles. The van der Waals surface area contributed by atoms with Crippen LogP contribution in [0.1, 0.15) is 33.6 Å². The topological polar surface area (TPSA) is 52.3 Å². The zero-order valence-electron chi connectivity index (χ0n) is 8.67. The number of ether oxygens (including phenoxy) is 1. The zero-order chi connectivity index (χ0) is 10.1. The predicted molar refractivity (Wildman–Crippen MR) is 51.1 cm³/mol. The van der Waals surface area contributed by atoms with Crippen molar-refractivity contribution in [2.24, 2.45) is 17.1 Å². The monoisotopic (exact) mass is 185 g/mol. The second-order valence-electron chi connectivity index (χ2n) is 4.37. The highest BCUT2D eigenvalue weighted by Crippen LogP contribution is 2.46. The second-order valence-corrected chi connectivity index (χ2v) is 4.37. The van der Waals surface area contributed by atoms with Crippen molar-refractivity contribution in [3.63, 3.8) is 0 Å². The molecule has 3 heteroatoms. The molecule has 1 aliphatic carbocycles. The Balaban J connectivity index is 2.36. The fourth-order valence-electron chi connectivity index (χ4n) is 1.82. The SMILES string of the molecule is CCOC(=O)C[C@H]1C[C@@H](N)C1(C)C. The summed E-state index contributed by atoms with van der Waals surface area (Å²) in [6.07, 6.45) is 1.47. The number of rotatable bonds is 3. The van der Waals surface area contributed by atoms with E-state index in [9.17, 15) is 4.79 Å². The van der Waals surface area contributed by atoms with E-state index in [2.05, 4.69) is 13.8 Å². The van der Waals surface area contributed by atoms with Gasteiger partial charge in [-0.25, -0.2) is 0 Å². The van der Waals surface area contributed by atoms with Gasteiger partial charge in [0.1, 0.15) is 0 Å². The van der Waals surface area contributed by atoms with Crippen molar-refractivity contribution < 1.29 is 9.53 Å². The lowest BCUT2D eigenvalue weighted by Gasteiger charge is -2.50. The maximum atomic E-state index is 11.2. The minimum Gasteiger partial charge on any atom is -0.466 e. The Kier molecular flexibility index (Phi) is 2.96. The van der Waals surface area contributed by atoms with Crippen molar-refractivity contribution in [1.29, 1.82) is 0 Å². The Bertz CT molecular complexity index is 201. The minimum atomic E-state index is -0.0903. The molecule has 0 aromatic rings. The Morgan fingerprint density at radius 3 is 2.62 bits per heavy atom. The number of carbonyl (C=O) groups excluding carboxylic acids is 1. The molecule has 0 amide bonds. The van der Waals surface area contributed by atoms with Crippen LogP contribution in [-0.2, 0) is 9.53 Å². The Hall–Kier alpha value is -0.570. The van der Waals surface area contributed by atoms with Crippen molar-refractivity contribution >= 4 is 5.97 Å². The van der Waals surface area contributed by atoms with Gasteiger partial charge in [0.15, 0.2) is 0 Å². The molecule has 2 N–H and O–H groups in total. The van der Waals surface area contributed by atoms with Crippen LogP contribution in [0.3, 0.4) is 0 Å². The quantitative estimate of drug-likeness (QED) is 0.674. The molecule has 0 heterocycles. The third kappa shape index (κ3) is 2.02. The first-order valence-corrected chi connectivity index (χ1v) is 4.89. The van der Waals surface area contributed by atoms with Crippen LogP contribution in [0.5, 0.6) is 0 Å². The lowest BCUT2D eigenvalue weighted by Crippen LogP contribution is -2.54. The molecule has 0 spiro atoms. The molecular formula is C10H19NO2. The van der Waals surface area contributed by atoms with E-state index >= 15 is 0 Å². The average Bonchev–Trinajstić information content (AvgIpc) is 2.04. The molecule has 0 aromatic heterocycles. The van der Waals surface area contributed by atoms with Crippen molar-refractivity contribution in [2.45, 2.75) is 39.7 Å². The van der Waals surface area contributed by atoms with Crippen LogP contribution >= 0.6 is 0 Å². The summed E-state index contributed by atoms with van der Waals surface area (Å²) < 4.78 is 4.90. The van der Waals surface area contributed by atoms with Crippen LogP contribution in [0.15, 0.2) is 0 Å². The van der Waals surface area contributed by atoms with Gasteiger partial charge in [-0.05, 0) is 24.7 Å². The lowest BCUT2D eigenvalue weighted by atomic mass is 9.58. The standard InChI is InChI=1S/C10H19NO2/c1-4-13-9(12)6-7-5-8(11)10(7,2)3/h7-8H,4-6,11H2,1-3H3/t7-,8-/m1/s1. The highest BCUT2D eigenvalue weighted by atomic mass is 16.5. The van der Waals surface area contributed by atoms with E-state index in [1.54, 1.807) is 0 Å². The fourth-order valence-corrected chi connectivity index (χ4v) is 1.82. The van der Waals surface area contributed by atoms with E-state index in [-0.39, 0.29) is 17.4 Å². The summed E-state index contributed by atoms with van der Waals surface area (Å²) in [6.45, 7) is 6.53. The lowest BCUT2D eigenvalue weighted by molar-refractivity contribution is -0.147. The molecule has 1 rings (SSSR count). The van der Waals surface area contributed by atoms with Crippen LogP contribution < -0.4 is 5.73 Å². The van der Waals surface area contributed by atoms with Crippen LogP contribution in [0, 0.1) is 11.3 Å². The van der Waals surface area contributed by atoms with Crippen molar-refractivity contribution in [2.75, 3.05) is 6.61 Å². The van der Waals surface area contributed by atoms with Crippen LogP contribution in [0.25, 0.3) is 0 Å². The molecular weight excluding hydrogens is 166 g/mol. The van der Waals surface area contributed by atoms with Gasteiger partial charge in [0.2, 0.25) is 0 Å². The van der Waals surface area contributed by atoms with Gasteiger partial charge in [-0.2, -0.15) is 0 Å². The van der Waals surface area contributed by atoms with Gasteiger partial charge in [0.05, 0.1) is 6.61 Å². The van der Waals surface area contributed by atoms with Crippen molar-refractivity contribution in [3.05, 3.63) is 0 Å². The van der Waals surface area contributed by atoms with E-state index in [4.69, 9.17) is 10.5 Å². The molecule has 13 heavy (non-hydrogen) atoms. The molecule has 76 valence electrons. The summed E-state index contributed by atoms with van der Waals surface area (Å²) in [5.41, 5.74) is 5.95. The average molecular weight is 185 g/mol. The van der Waals surface area contributed by atoms with E-state index in [0.29, 0.717) is 18.9 Å². The van der Waals surface area contributed by atoms with Gasteiger partial charge < -0.3 is 10.5 Å². The first-order chi connectivity index (χ1) is 5.98. The van der Waals surface area contributed by atoms with Crippen molar-refractivity contribution in [3.8, 4) is 0 Å². The number of carbonyl (C=O) groups is 1. The smallest absolute Gasteiger partial charge is 0.306 e. The highest BCUT2D eigenvalue weighted by molar-refractivity contribution is 5.70. The second kappa shape index (κ2) is 3.66. The predicted octanol–water partition coefficient (Wildman–Crippen LogP) is 1.31. The summed E-state index contributed by atoms with van der Waals surface area (Å²) in [5, 5.41) is 0. The molecule has 1 aliphatic rings. The summed E-state index contributed by atoms with van der Waals surface area (Å²) >= 11 is 0. The molecule has 0 bridgehead atoms. The molecule has 0 radical (unpaired) electrons. The van der Waals surface area contributed by atoms with Crippen LogP contribution in [0.4, 0.5) is 0 Å². The van der Waals surface area contributed by atoms with Gasteiger partial charge in [-0.15, -0.1) is 0 Å². The van der Waals surface area contributed by atoms with Gasteiger partial charge in [0.25, 0.3) is 0 Å². The van der Waals surface area contributed by atoms with E-state index in [1.807, 2.05) is 6.92 Å². The molecule has 1 fully saturated rings. The summed E-state index contributed by atoms with van der Waals surface area (Å²) in [4.78, 5) is 11.2. The number of hydrogen-bond acceptors (Lipinski definition) is 3. The fraction of sp³-hybridized carbons (Fsp3) is 0.900. The molecule has 1 saturated carbocycles. The molecule has 0 unspecified atom stereocenters. The minimum absolute atomic E-state index is 0.0903. The van der Waals surface area contributed by atoms with Gasteiger partial charge >= 0.3 is 5.97 Å². The maximum absolute atomic E-state index is 11.2. The zero-order valence-corrected chi connectivity index (χ0v) is 8.67. The normalized spacial score (nSPS) is 30.8. The van der Waals surface area contributed by atoms with E-state index in [1.165, 1.54) is 0 Å². The van der Waals surface area contributed by atoms with Crippen molar-refractivity contribution in [1.82, 2.24) is 0 Å². The summed E-state index contributed by atoms with van der Waals surface area (Å²) in [5.74, 6) is 0.314. The summed E-state index contributed by atoms with van der Waals surface area (Å²) in [7, 11) is 0. The first kappa shape index (κ1) is 10.5. The van der Waals surface area contributed by atoms with Crippen LogP contribution in [-0.4, -0.2) is 18.6 Å². The maximum Gasteiger partial charge on any atom is 0.306 e.